The van der Waals surface area contributed by atoms with Crippen molar-refractivity contribution in [2.24, 2.45) is 11.8 Å². The fraction of sp³-hybridized carbons (Fsp3) is 0.909. The van der Waals surface area contributed by atoms with Gasteiger partial charge in [-0.25, -0.2) is 0 Å². The highest BCUT2D eigenvalue weighted by Gasteiger charge is 2.23. The van der Waals surface area contributed by atoms with Crippen LogP contribution in [0.2, 0.25) is 0 Å². The Labute approximate surface area is 161 Å². The molecule has 0 saturated carbocycles. The molecule has 0 rings (SSSR count). The lowest BCUT2D eigenvalue weighted by Gasteiger charge is -2.20. The third-order valence-corrected chi connectivity index (χ3v) is 4.47. The van der Waals surface area contributed by atoms with Crippen molar-refractivity contribution in [3.05, 3.63) is 0 Å². The quantitative estimate of drug-likeness (QED) is 0.259. The molecular formula is C22H42O4. The van der Waals surface area contributed by atoms with Gasteiger partial charge in [-0.1, -0.05) is 58.8 Å². The maximum Gasteiger partial charge on any atom is 0.309 e. The van der Waals surface area contributed by atoms with Gasteiger partial charge in [-0.2, -0.15) is 0 Å². The Balaban J connectivity index is 3.62. The van der Waals surface area contributed by atoms with Crippen molar-refractivity contribution in [3.63, 3.8) is 0 Å². The number of esters is 2. The van der Waals surface area contributed by atoms with Gasteiger partial charge >= 0.3 is 11.9 Å². The Bertz CT molecular complexity index is 374. The normalized spacial score (nSPS) is 12.7. The van der Waals surface area contributed by atoms with Crippen molar-refractivity contribution in [2.45, 2.75) is 118 Å². The van der Waals surface area contributed by atoms with Crippen LogP contribution in [-0.2, 0) is 19.1 Å². The molecule has 0 aromatic carbocycles. The molecule has 0 aromatic rings. The second kappa shape index (κ2) is 15.0. The van der Waals surface area contributed by atoms with Gasteiger partial charge in [0.1, 0.15) is 0 Å². The third-order valence-electron chi connectivity index (χ3n) is 4.47. The van der Waals surface area contributed by atoms with Crippen LogP contribution in [0.3, 0.4) is 0 Å². The van der Waals surface area contributed by atoms with Crippen molar-refractivity contribution in [2.75, 3.05) is 0 Å². The van der Waals surface area contributed by atoms with E-state index in [1.54, 1.807) is 0 Å². The summed E-state index contributed by atoms with van der Waals surface area (Å²) >= 11 is 0. The molecule has 154 valence electrons. The molecule has 0 N–H and O–H groups in total. The van der Waals surface area contributed by atoms with E-state index in [1.165, 1.54) is 32.1 Å². The fourth-order valence-corrected chi connectivity index (χ4v) is 3.06. The van der Waals surface area contributed by atoms with Crippen LogP contribution in [-0.4, -0.2) is 24.1 Å². The van der Waals surface area contributed by atoms with E-state index in [0.717, 1.165) is 25.7 Å². The van der Waals surface area contributed by atoms with Crippen molar-refractivity contribution >= 4 is 11.9 Å². The summed E-state index contributed by atoms with van der Waals surface area (Å²) in [6.07, 6.45) is 10.6. The third kappa shape index (κ3) is 14.1. The zero-order chi connectivity index (χ0) is 19.9. The predicted molar refractivity (Wildman–Crippen MR) is 107 cm³/mol. The van der Waals surface area contributed by atoms with Crippen molar-refractivity contribution in [1.29, 1.82) is 0 Å². The van der Waals surface area contributed by atoms with Gasteiger partial charge in [0.05, 0.1) is 18.1 Å². The highest BCUT2D eigenvalue weighted by molar-refractivity contribution is 5.72. The molecule has 0 fully saturated rings. The summed E-state index contributed by atoms with van der Waals surface area (Å²) in [7, 11) is 0. The molecule has 0 radical (unpaired) electrons. The molecule has 0 aliphatic heterocycles. The van der Waals surface area contributed by atoms with Crippen LogP contribution >= 0.6 is 0 Å². The summed E-state index contributed by atoms with van der Waals surface area (Å²) in [5, 5.41) is 0. The number of hydrogen-bond acceptors (Lipinski definition) is 4. The van der Waals surface area contributed by atoms with E-state index in [1.807, 2.05) is 27.7 Å². The molecule has 4 nitrogen and oxygen atoms in total. The van der Waals surface area contributed by atoms with Crippen LogP contribution in [0.25, 0.3) is 0 Å². The van der Waals surface area contributed by atoms with Gasteiger partial charge < -0.3 is 9.47 Å². The summed E-state index contributed by atoms with van der Waals surface area (Å²) < 4.78 is 10.5. The molecule has 0 amide bonds. The minimum atomic E-state index is -0.0734. The van der Waals surface area contributed by atoms with E-state index >= 15 is 0 Å². The van der Waals surface area contributed by atoms with Gasteiger partial charge in [-0.05, 0) is 46.5 Å². The first kappa shape index (κ1) is 24.9. The van der Waals surface area contributed by atoms with Gasteiger partial charge in [0, 0.05) is 6.42 Å². The van der Waals surface area contributed by atoms with E-state index < -0.39 is 0 Å². The number of unbranched alkanes of at least 4 members (excludes halogenated alkanes) is 7. The van der Waals surface area contributed by atoms with Crippen LogP contribution in [0.5, 0.6) is 0 Å². The van der Waals surface area contributed by atoms with Crippen molar-refractivity contribution in [1.82, 2.24) is 0 Å². The summed E-state index contributed by atoms with van der Waals surface area (Å²) in [6, 6.07) is 0. The van der Waals surface area contributed by atoms with E-state index in [-0.39, 0.29) is 30.1 Å². The van der Waals surface area contributed by atoms with Gasteiger partial charge in [0.25, 0.3) is 0 Å². The number of ether oxygens (including phenoxy) is 2. The SMILES string of the molecule is CC(C)OC(=O)CCCCCCCCCCC(C(=O)OC(C)C)C(C)C. The van der Waals surface area contributed by atoms with Crippen molar-refractivity contribution in [3.8, 4) is 0 Å². The lowest BCUT2D eigenvalue weighted by Crippen LogP contribution is -2.25. The Morgan fingerprint density at radius 1 is 0.654 bits per heavy atom. The smallest absolute Gasteiger partial charge is 0.309 e. The number of carbonyl (C=O) groups excluding carboxylic acids is 2. The van der Waals surface area contributed by atoms with Gasteiger partial charge in [0.2, 0.25) is 0 Å². The Kier molecular flexibility index (Phi) is 14.4. The first-order valence-electron chi connectivity index (χ1n) is 10.6. The zero-order valence-corrected chi connectivity index (χ0v) is 18.0. The molecule has 1 unspecified atom stereocenters. The molecule has 0 saturated heterocycles. The maximum absolute atomic E-state index is 12.1. The summed E-state index contributed by atoms with van der Waals surface area (Å²) in [4.78, 5) is 23.5. The lowest BCUT2D eigenvalue weighted by atomic mass is 9.90. The fourth-order valence-electron chi connectivity index (χ4n) is 3.06. The van der Waals surface area contributed by atoms with Crippen LogP contribution in [0, 0.1) is 11.8 Å². The summed E-state index contributed by atoms with van der Waals surface area (Å²) in [5.74, 6) is 0.258. The Morgan fingerprint density at radius 2 is 1.12 bits per heavy atom. The standard InChI is InChI=1S/C22H42O4/c1-17(2)20(22(24)26-19(5)6)15-13-11-9-7-8-10-12-14-16-21(23)25-18(3)4/h17-20H,7-16H2,1-6H3. The Hall–Kier alpha value is -1.06. The maximum atomic E-state index is 12.1. The van der Waals surface area contributed by atoms with Gasteiger partial charge in [-0.15, -0.1) is 0 Å². The van der Waals surface area contributed by atoms with E-state index in [2.05, 4.69) is 13.8 Å². The van der Waals surface area contributed by atoms with Crippen LogP contribution in [0.1, 0.15) is 106 Å². The molecule has 0 spiro atoms. The monoisotopic (exact) mass is 370 g/mol. The van der Waals surface area contributed by atoms with E-state index in [9.17, 15) is 9.59 Å². The molecule has 1 atom stereocenters. The topological polar surface area (TPSA) is 52.6 Å². The van der Waals surface area contributed by atoms with Crippen LogP contribution in [0.15, 0.2) is 0 Å². The van der Waals surface area contributed by atoms with Crippen LogP contribution < -0.4 is 0 Å². The number of hydrogen-bond donors (Lipinski definition) is 0. The second-order valence-corrected chi connectivity index (χ2v) is 8.24. The molecular weight excluding hydrogens is 328 g/mol. The van der Waals surface area contributed by atoms with E-state index in [0.29, 0.717) is 12.3 Å². The minimum absolute atomic E-state index is 0.00924. The molecule has 0 heterocycles. The minimum Gasteiger partial charge on any atom is -0.463 e. The van der Waals surface area contributed by atoms with Gasteiger partial charge in [-0.3, -0.25) is 9.59 Å². The first-order valence-corrected chi connectivity index (χ1v) is 10.6. The average Bonchev–Trinajstić information content (AvgIpc) is 2.50. The number of rotatable bonds is 15. The second-order valence-electron chi connectivity index (χ2n) is 8.24. The molecule has 0 bridgehead atoms. The highest BCUT2D eigenvalue weighted by Crippen LogP contribution is 2.22. The van der Waals surface area contributed by atoms with Crippen LogP contribution in [0.4, 0.5) is 0 Å². The highest BCUT2D eigenvalue weighted by atomic mass is 16.5. The lowest BCUT2D eigenvalue weighted by molar-refractivity contribution is -0.154. The predicted octanol–water partition coefficient (Wildman–Crippen LogP) is 6.06. The van der Waals surface area contributed by atoms with E-state index in [4.69, 9.17) is 9.47 Å². The average molecular weight is 371 g/mol. The molecule has 26 heavy (non-hydrogen) atoms. The zero-order valence-electron chi connectivity index (χ0n) is 18.0. The molecule has 0 aliphatic rings. The molecule has 0 aliphatic carbocycles. The summed E-state index contributed by atoms with van der Waals surface area (Å²) in [5.41, 5.74) is 0. The number of carbonyl (C=O) groups is 2. The molecule has 4 heteroatoms. The van der Waals surface area contributed by atoms with Gasteiger partial charge in [0.15, 0.2) is 0 Å². The first-order chi connectivity index (χ1) is 12.2. The summed E-state index contributed by atoms with van der Waals surface area (Å²) in [6.45, 7) is 11.8. The largest absolute Gasteiger partial charge is 0.463 e. The van der Waals surface area contributed by atoms with Crippen molar-refractivity contribution < 1.29 is 19.1 Å². The molecule has 0 aromatic heterocycles. The Morgan fingerprint density at radius 3 is 1.58 bits per heavy atom.